The molecule has 0 heterocycles. The van der Waals surface area contributed by atoms with Crippen LogP contribution in [0.25, 0.3) is 0 Å². The molecule has 0 spiro atoms. The van der Waals surface area contributed by atoms with Gasteiger partial charge in [-0.05, 0) is 25.1 Å². The number of carbonyl (C=O) groups is 2. The van der Waals surface area contributed by atoms with Crippen LogP contribution in [-0.4, -0.2) is 18.5 Å². The first-order valence-corrected chi connectivity index (χ1v) is 6.11. The molecule has 0 bridgehead atoms. The number of carbonyl (C=O) groups excluding carboxylic acids is 2. The molecule has 1 amide bonds. The molecule has 1 N–H and O–H groups in total. The molecule has 0 aliphatic rings. The van der Waals surface area contributed by atoms with E-state index >= 15 is 0 Å². The SMILES string of the molecule is C/C=C/C=C/C(=O)OCC(=O)Nc1cc(Cl)ccc1F. The number of halogens is 2. The maximum Gasteiger partial charge on any atom is 0.331 e. The van der Waals surface area contributed by atoms with Crippen LogP contribution in [0.5, 0.6) is 0 Å². The highest BCUT2D eigenvalue weighted by Gasteiger charge is 2.09. The monoisotopic (exact) mass is 297 g/mol. The summed E-state index contributed by atoms with van der Waals surface area (Å²) in [5.74, 6) is -1.94. The quantitative estimate of drug-likeness (QED) is 0.516. The Morgan fingerprint density at radius 3 is 2.85 bits per heavy atom. The van der Waals surface area contributed by atoms with Gasteiger partial charge in [-0.1, -0.05) is 29.8 Å². The smallest absolute Gasteiger partial charge is 0.331 e. The van der Waals surface area contributed by atoms with Crippen molar-refractivity contribution in [2.45, 2.75) is 6.92 Å². The fourth-order valence-electron chi connectivity index (χ4n) is 1.21. The van der Waals surface area contributed by atoms with E-state index in [0.29, 0.717) is 0 Å². The highest BCUT2D eigenvalue weighted by molar-refractivity contribution is 6.30. The maximum absolute atomic E-state index is 13.3. The summed E-state index contributed by atoms with van der Waals surface area (Å²) in [4.78, 5) is 22.7. The molecule has 4 nitrogen and oxygen atoms in total. The fourth-order valence-corrected chi connectivity index (χ4v) is 1.38. The summed E-state index contributed by atoms with van der Waals surface area (Å²) >= 11 is 5.68. The van der Waals surface area contributed by atoms with Gasteiger partial charge in [0.2, 0.25) is 0 Å². The van der Waals surface area contributed by atoms with E-state index < -0.39 is 24.3 Å². The number of allylic oxidation sites excluding steroid dienone is 3. The molecule has 0 atom stereocenters. The standard InChI is InChI=1S/C14H13ClFNO3/c1-2-3-4-5-14(19)20-9-13(18)17-12-8-10(15)6-7-11(12)16/h2-8H,9H2,1H3,(H,17,18)/b3-2+,5-4+. The van der Waals surface area contributed by atoms with Gasteiger partial charge in [-0.25, -0.2) is 9.18 Å². The zero-order chi connectivity index (χ0) is 15.0. The van der Waals surface area contributed by atoms with Crippen molar-refractivity contribution in [1.82, 2.24) is 0 Å². The van der Waals surface area contributed by atoms with Crippen molar-refractivity contribution in [1.29, 1.82) is 0 Å². The Kier molecular flexibility index (Phi) is 6.46. The highest BCUT2D eigenvalue weighted by Crippen LogP contribution is 2.19. The van der Waals surface area contributed by atoms with Crippen molar-refractivity contribution in [3.8, 4) is 0 Å². The predicted molar refractivity (Wildman–Crippen MR) is 75.0 cm³/mol. The second-order valence-corrected chi connectivity index (χ2v) is 4.10. The molecular weight excluding hydrogens is 285 g/mol. The fraction of sp³-hybridized carbons (Fsp3) is 0.143. The molecule has 0 fully saturated rings. The van der Waals surface area contributed by atoms with Crippen molar-refractivity contribution in [3.63, 3.8) is 0 Å². The lowest BCUT2D eigenvalue weighted by Gasteiger charge is -2.06. The number of hydrogen-bond donors (Lipinski definition) is 1. The largest absolute Gasteiger partial charge is 0.452 e. The van der Waals surface area contributed by atoms with Gasteiger partial charge in [0.1, 0.15) is 5.82 Å². The lowest BCUT2D eigenvalue weighted by atomic mass is 10.3. The minimum absolute atomic E-state index is 0.0667. The van der Waals surface area contributed by atoms with Crippen LogP contribution in [0.4, 0.5) is 10.1 Å². The molecule has 1 aromatic carbocycles. The van der Waals surface area contributed by atoms with Crippen molar-refractivity contribution in [2.75, 3.05) is 11.9 Å². The minimum atomic E-state index is -0.662. The van der Waals surface area contributed by atoms with Gasteiger partial charge in [-0.2, -0.15) is 0 Å². The minimum Gasteiger partial charge on any atom is -0.452 e. The predicted octanol–water partition coefficient (Wildman–Crippen LogP) is 3.09. The van der Waals surface area contributed by atoms with Crippen LogP contribution in [0, 0.1) is 5.82 Å². The molecule has 0 unspecified atom stereocenters. The Morgan fingerprint density at radius 1 is 1.40 bits per heavy atom. The van der Waals surface area contributed by atoms with E-state index in [1.54, 1.807) is 19.1 Å². The summed E-state index contributed by atoms with van der Waals surface area (Å²) in [5, 5.41) is 2.55. The van der Waals surface area contributed by atoms with Crippen LogP contribution in [-0.2, 0) is 14.3 Å². The second-order valence-electron chi connectivity index (χ2n) is 3.66. The van der Waals surface area contributed by atoms with E-state index in [1.165, 1.54) is 24.3 Å². The van der Waals surface area contributed by atoms with Gasteiger partial charge >= 0.3 is 5.97 Å². The van der Waals surface area contributed by atoms with E-state index in [4.69, 9.17) is 11.6 Å². The van der Waals surface area contributed by atoms with Gasteiger partial charge in [-0.15, -0.1) is 0 Å². The zero-order valence-corrected chi connectivity index (χ0v) is 11.5. The number of benzene rings is 1. The molecule has 1 aromatic rings. The van der Waals surface area contributed by atoms with Crippen LogP contribution >= 0.6 is 11.6 Å². The Hall–Kier alpha value is -2.14. The van der Waals surface area contributed by atoms with Gasteiger partial charge in [-0.3, -0.25) is 4.79 Å². The molecule has 20 heavy (non-hydrogen) atoms. The molecular formula is C14H13ClFNO3. The maximum atomic E-state index is 13.3. The first-order chi connectivity index (χ1) is 9.52. The second kappa shape index (κ2) is 8.12. The first kappa shape index (κ1) is 15.9. The molecule has 0 aromatic heterocycles. The summed E-state index contributed by atoms with van der Waals surface area (Å²) in [6.45, 7) is 1.29. The summed E-state index contributed by atoms with van der Waals surface area (Å²) in [6, 6.07) is 3.75. The van der Waals surface area contributed by atoms with Crippen LogP contribution in [0.15, 0.2) is 42.5 Å². The van der Waals surface area contributed by atoms with Gasteiger partial charge in [0.15, 0.2) is 6.61 Å². The third-order valence-electron chi connectivity index (χ3n) is 2.08. The van der Waals surface area contributed by atoms with E-state index in [-0.39, 0.29) is 10.7 Å². The van der Waals surface area contributed by atoms with Gasteiger partial charge in [0, 0.05) is 11.1 Å². The first-order valence-electron chi connectivity index (χ1n) is 5.74. The lowest BCUT2D eigenvalue weighted by molar-refractivity contribution is -0.142. The topological polar surface area (TPSA) is 55.4 Å². The Bertz CT molecular complexity index is 555. The third kappa shape index (κ3) is 5.67. The number of hydrogen-bond acceptors (Lipinski definition) is 3. The molecule has 6 heteroatoms. The van der Waals surface area contributed by atoms with E-state index in [2.05, 4.69) is 10.1 Å². The van der Waals surface area contributed by atoms with E-state index in [9.17, 15) is 14.0 Å². The molecule has 0 aliphatic carbocycles. The number of esters is 1. The number of anilines is 1. The average molecular weight is 298 g/mol. The summed E-state index contributed by atoms with van der Waals surface area (Å²) < 4.78 is 18.0. The van der Waals surface area contributed by atoms with Crippen molar-refractivity contribution in [2.24, 2.45) is 0 Å². The molecule has 106 valence electrons. The highest BCUT2D eigenvalue weighted by atomic mass is 35.5. The summed E-state index contributed by atoms with van der Waals surface area (Å²) in [6.07, 6.45) is 6.03. The zero-order valence-electron chi connectivity index (χ0n) is 10.7. The molecule has 0 radical (unpaired) electrons. The van der Waals surface area contributed by atoms with Gasteiger partial charge < -0.3 is 10.1 Å². The number of nitrogens with one attached hydrogen (secondary N) is 1. The van der Waals surface area contributed by atoms with E-state index in [0.717, 1.165) is 6.07 Å². The van der Waals surface area contributed by atoms with E-state index in [1.807, 2.05) is 0 Å². The van der Waals surface area contributed by atoms with Crippen LogP contribution in [0.1, 0.15) is 6.92 Å². The Balaban J connectivity index is 2.48. The normalized spacial score (nSPS) is 10.9. The van der Waals surface area contributed by atoms with Gasteiger partial charge in [0.05, 0.1) is 5.69 Å². The number of ether oxygens (including phenoxy) is 1. The van der Waals surface area contributed by atoms with Crippen molar-refractivity contribution < 1.29 is 18.7 Å². The summed E-state index contributed by atoms with van der Waals surface area (Å²) in [7, 11) is 0. The Labute approximate surface area is 120 Å². The number of amides is 1. The third-order valence-corrected chi connectivity index (χ3v) is 2.32. The molecule has 0 saturated carbocycles. The molecule has 0 saturated heterocycles. The number of rotatable bonds is 5. The van der Waals surface area contributed by atoms with Crippen LogP contribution in [0.3, 0.4) is 0 Å². The summed E-state index contributed by atoms with van der Waals surface area (Å²) in [5.41, 5.74) is -0.0667. The molecule has 0 aliphatic heterocycles. The molecule has 1 rings (SSSR count). The van der Waals surface area contributed by atoms with Crippen molar-refractivity contribution >= 4 is 29.2 Å². The van der Waals surface area contributed by atoms with Crippen LogP contribution < -0.4 is 5.32 Å². The Morgan fingerprint density at radius 2 is 2.15 bits per heavy atom. The average Bonchev–Trinajstić information content (AvgIpc) is 2.41. The van der Waals surface area contributed by atoms with Gasteiger partial charge in [0.25, 0.3) is 5.91 Å². The van der Waals surface area contributed by atoms with Crippen molar-refractivity contribution in [3.05, 3.63) is 53.3 Å². The van der Waals surface area contributed by atoms with Crippen LogP contribution in [0.2, 0.25) is 5.02 Å². The lowest BCUT2D eigenvalue weighted by Crippen LogP contribution is -2.20.